The standard InChI is InChI=1S/C16H14ClN3O/c17-14-5-3-12(4-6-14)15(21)11-20-9-8-19-16(20)13-2-1-7-18-10-13/h1-10,15,21H,11H2. The van der Waals surface area contributed by atoms with Gasteiger partial charge in [-0.05, 0) is 29.8 Å². The van der Waals surface area contributed by atoms with Crippen molar-refractivity contribution in [3.63, 3.8) is 0 Å². The van der Waals surface area contributed by atoms with Gasteiger partial charge in [0.25, 0.3) is 0 Å². The molecule has 0 aliphatic heterocycles. The van der Waals surface area contributed by atoms with Gasteiger partial charge in [-0.15, -0.1) is 0 Å². The maximum absolute atomic E-state index is 10.3. The van der Waals surface area contributed by atoms with Crippen LogP contribution in [0.4, 0.5) is 0 Å². The highest BCUT2D eigenvalue weighted by atomic mass is 35.5. The summed E-state index contributed by atoms with van der Waals surface area (Å²) in [4.78, 5) is 8.44. The van der Waals surface area contributed by atoms with Crippen molar-refractivity contribution >= 4 is 11.6 Å². The van der Waals surface area contributed by atoms with Crippen LogP contribution in [0.25, 0.3) is 11.4 Å². The minimum Gasteiger partial charge on any atom is -0.387 e. The molecule has 1 N–H and O–H groups in total. The molecule has 0 spiro atoms. The van der Waals surface area contributed by atoms with Gasteiger partial charge in [0, 0.05) is 35.4 Å². The van der Waals surface area contributed by atoms with E-state index in [1.165, 1.54) is 0 Å². The molecule has 3 rings (SSSR count). The Balaban J connectivity index is 1.83. The molecular weight excluding hydrogens is 286 g/mol. The van der Waals surface area contributed by atoms with Crippen LogP contribution in [0, 0.1) is 0 Å². The number of pyridine rings is 1. The van der Waals surface area contributed by atoms with Crippen LogP contribution in [-0.2, 0) is 6.54 Å². The topological polar surface area (TPSA) is 50.9 Å². The van der Waals surface area contributed by atoms with Gasteiger partial charge in [0.2, 0.25) is 0 Å². The number of imidazole rings is 1. The van der Waals surface area contributed by atoms with Crippen LogP contribution in [0.1, 0.15) is 11.7 Å². The molecule has 0 bridgehead atoms. The molecule has 0 fully saturated rings. The van der Waals surface area contributed by atoms with E-state index in [2.05, 4.69) is 9.97 Å². The van der Waals surface area contributed by atoms with Crippen LogP contribution in [0.5, 0.6) is 0 Å². The van der Waals surface area contributed by atoms with Crippen LogP contribution in [0.3, 0.4) is 0 Å². The molecular formula is C16H14ClN3O. The quantitative estimate of drug-likeness (QED) is 0.804. The van der Waals surface area contributed by atoms with Gasteiger partial charge in [-0.3, -0.25) is 4.98 Å². The van der Waals surface area contributed by atoms with Crippen molar-refractivity contribution in [2.75, 3.05) is 0 Å². The van der Waals surface area contributed by atoms with Crippen molar-refractivity contribution in [3.05, 3.63) is 71.8 Å². The number of hydrogen-bond donors (Lipinski definition) is 1. The van der Waals surface area contributed by atoms with Crippen LogP contribution < -0.4 is 0 Å². The highest BCUT2D eigenvalue weighted by molar-refractivity contribution is 6.30. The first-order valence-electron chi connectivity index (χ1n) is 6.59. The van der Waals surface area contributed by atoms with E-state index in [9.17, 15) is 5.11 Å². The first kappa shape index (κ1) is 13.8. The lowest BCUT2D eigenvalue weighted by Crippen LogP contribution is -2.09. The molecule has 0 saturated heterocycles. The van der Waals surface area contributed by atoms with E-state index in [0.717, 1.165) is 17.0 Å². The fraction of sp³-hybridized carbons (Fsp3) is 0.125. The van der Waals surface area contributed by atoms with Gasteiger partial charge in [-0.1, -0.05) is 23.7 Å². The monoisotopic (exact) mass is 299 g/mol. The van der Waals surface area contributed by atoms with Crippen LogP contribution in [0.2, 0.25) is 5.02 Å². The zero-order chi connectivity index (χ0) is 14.7. The molecule has 3 aromatic rings. The SMILES string of the molecule is OC(Cn1ccnc1-c1cccnc1)c1ccc(Cl)cc1. The summed E-state index contributed by atoms with van der Waals surface area (Å²) in [6, 6.07) is 11.0. The number of nitrogens with zero attached hydrogens (tertiary/aromatic N) is 3. The number of halogens is 1. The first-order valence-corrected chi connectivity index (χ1v) is 6.97. The highest BCUT2D eigenvalue weighted by Gasteiger charge is 2.12. The number of benzene rings is 1. The average Bonchev–Trinajstić information content (AvgIpc) is 2.97. The van der Waals surface area contributed by atoms with Gasteiger partial charge in [0.15, 0.2) is 0 Å². The zero-order valence-electron chi connectivity index (χ0n) is 11.2. The Bertz CT molecular complexity index is 710. The second kappa shape index (κ2) is 6.08. The van der Waals surface area contributed by atoms with E-state index in [0.29, 0.717) is 11.6 Å². The lowest BCUT2D eigenvalue weighted by atomic mass is 10.1. The number of aliphatic hydroxyl groups excluding tert-OH is 1. The predicted molar refractivity (Wildman–Crippen MR) is 81.9 cm³/mol. The average molecular weight is 300 g/mol. The summed E-state index contributed by atoms with van der Waals surface area (Å²) < 4.78 is 1.91. The van der Waals surface area contributed by atoms with Gasteiger partial charge in [0.1, 0.15) is 5.82 Å². The summed E-state index contributed by atoms with van der Waals surface area (Å²) >= 11 is 5.86. The van der Waals surface area contributed by atoms with E-state index >= 15 is 0 Å². The van der Waals surface area contributed by atoms with Crippen molar-refractivity contribution in [1.82, 2.24) is 14.5 Å². The second-order valence-electron chi connectivity index (χ2n) is 4.71. The summed E-state index contributed by atoms with van der Waals surface area (Å²) in [6.07, 6.45) is 6.43. The molecule has 21 heavy (non-hydrogen) atoms. The molecule has 0 saturated carbocycles. The first-order chi connectivity index (χ1) is 10.2. The molecule has 106 valence electrons. The van der Waals surface area contributed by atoms with Crippen molar-refractivity contribution < 1.29 is 5.11 Å². The van der Waals surface area contributed by atoms with E-state index < -0.39 is 6.10 Å². The third-order valence-electron chi connectivity index (χ3n) is 3.26. The van der Waals surface area contributed by atoms with E-state index in [4.69, 9.17) is 11.6 Å². The Labute approximate surface area is 127 Å². The maximum atomic E-state index is 10.3. The fourth-order valence-electron chi connectivity index (χ4n) is 2.19. The molecule has 2 heterocycles. The van der Waals surface area contributed by atoms with Gasteiger partial charge in [-0.2, -0.15) is 0 Å². The predicted octanol–water partition coefficient (Wildman–Crippen LogP) is 3.33. The Morgan fingerprint density at radius 1 is 1.14 bits per heavy atom. The fourth-order valence-corrected chi connectivity index (χ4v) is 2.31. The molecule has 1 aromatic carbocycles. The Kier molecular flexibility index (Phi) is 3.99. The summed E-state index contributed by atoms with van der Waals surface area (Å²) in [5.74, 6) is 0.788. The normalized spacial score (nSPS) is 12.3. The number of aromatic nitrogens is 3. The summed E-state index contributed by atoms with van der Waals surface area (Å²) in [5.41, 5.74) is 1.75. The summed E-state index contributed by atoms with van der Waals surface area (Å²) in [6.45, 7) is 0.422. The maximum Gasteiger partial charge on any atom is 0.141 e. The lowest BCUT2D eigenvalue weighted by Gasteiger charge is -2.14. The van der Waals surface area contributed by atoms with Crippen molar-refractivity contribution in [2.24, 2.45) is 0 Å². The molecule has 0 aliphatic rings. The largest absolute Gasteiger partial charge is 0.387 e. The molecule has 0 aliphatic carbocycles. The molecule has 0 radical (unpaired) electrons. The van der Waals surface area contributed by atoms with Crippen molar-refractivity contribution in [1.29, 1.82) is 0 Å². The van der Waals surface area contributed by atoms with Crippen molar-refractivity contribution in [2.45, 2.75) is 12.6 Å². The molecule has 1 unspecified atom stereocenters. The minimum absolute atomic E-state index is 0.422. The molecule has 5 heteroatoms. The van der Waals surface area contributed by atoms with E-state index in [1.54, 1.807) is 30.7 Å². The zero-order valence-corrected chi connectivity index (χ0v) is 12.0. The van der Waals surface area contributed by atoms with Gasteiger partial charge >= 0.3 is 0 Å². The Morgan fingerprint density at radius 3 is 2.67 bits per heavy atom. The van der Waals surface area contributed by atoms with Crippen LogP contribution in [0.15, 0.2) is 61.2 Å². The number of rotatable bonds is 4. The van der Waals surface area contributed by atoms with Crippen molar-refractivity contribution in [3.8, 4) is 11.4 Å². The van der Waals surface area contributed by atoms with Crippen LogP contribution >= 0.6 is 11.6 Å². The molecule has 0 amide bonds. The highest BCUT2D eigenvalue weighted by Crippen LogP contribution is 2.21. The summed E-state index contributed by atoms with van der Waals surface area (Å²) in [7, 11) is 0. The molecule has 4 nitrogen and oxygen atoms in total. The number of aliphatic hydroxyl groups is 1. The van der Waals surface area contributed by atoms with E-state index in [-0.39, 0.29) is 0 Å². The van der Waals surface area contributed by atoms with Gasteiger partial charge in [0.05, 0.1) is 12.6 Å². The lowest BCUT2D eigenvalue weighted by molar-refractivity contribution is 0.157. The van der Waals surface area contributed by atoms with Gasteiger partial charge < -0.3 is 9.67 Å². The van der Waals surface area contributed by atoms with Gasteiger partial charge in [-0.25, -0.2) is 4.98 Å². The number of hydrogen-bond acceptors (Lipinski definition) is 3. The second-order valence-corrected chi connectivity index (χ2v) is 5.15. The third kappa shape index (κ3) is 3.12. The third-order valence-corrected chi connectivity index (χ3v) is 3.51. The summed E-state index contributed by atoms with van der Waals surface area (Å²) in [5, 5.41) is 11.0. The molecule has 1 atom stereocenters. The smallest absolute Gasteiger partial charge is 0.141 e. The Morgan fingerprint density at radius 2 is 1.95 bits per heavy atom. The Hall–Kier alpha value is -2.17. The minimum atomic E-state index is -0.619. The molecule has 2 aromatic heterocycles. The van der Waals surface area contributed by atoms with E-state index in [1.807, 2.05) is 35.0 Å². The van der Waals surface area contributed by atoms with Crippen LogP contribution in [-0.4, -0.2) is 19.6 Å².